The van der Waals surface area contributed by atoms with E-state index in [0.29, 0.717) is 48.9 Å². The van der Waals surface area contributed by atoms with E-state index in [1.807, 2.05) is 30.3 Å². The summed E-state index contributed by atoms with van der Waals surface area (Å²) >= 11 is 0. The smallest absolute Gasteiger partial charge is 0.410 e. The van der Waals surface area contributed by atoms with Crippen LogP contribution in [-0.2, 0) is 16.1 Å². The van der Waals surface area contributed by atoms with Crippen molar-refractivity contribution in [2.75, 3.05) is 38.0 Å². The van der Waals surface area contributed by atoms with Crippen LogP contribution in [0, 0.1) is 5.82 Å². The van der Waals surface area contributed by atoms with Gasteiger partial charge < -0.3 is 19.9 Å². The average molecular weight is 489 g/mol. The molecular formula is C26H25FN6O3. The molecule has 1 N–H and O–H groups in total. The summed E-state index contributed by atoms with van der Waals surface area (Å²) in [6, 6.07) is 15.9. The van der Waals surface area contributed by atoms with Crippen molar-refractivity contribution >= 4 is 23.5 Å². The van der Waals surface area contributed by atoms with E-state index in [1.165, 1.54) is 6.07 Å². The molecule has 1 aliphatic rings. The van der Waals surface area contributed by atoms with Gasteiger partial charge in [-0.05, 0) is 17.7 Å². The second kappa shape index (κ2) is 10.4. The van der Waals surface area contributed by atoms with Gasteiger partial charge in [0.2, 0.25) is 5.91 Å². The molecule has 1 fully saturated rings. The fraction of sp³-hybridized carbons (Fsp3) is 0.231. The number of halogens is 1. The summed E-state index contributed by atoms with van der Waals surface area (Å²) in [5.41, 5.74) is 2.19. The van der Waals surface area contributed by atoms with Crippen LogP contribution in [-0.4, -0.2) is 68.9 Å². The number of fused-ring (bicyclic) bond motifs is 1. The Hall–Kier alpha value is -4.47. The van der Waals surface area contributed by atoms with Crippen molar-refractivity contribution in [1.29, 1.82) is 0 Å². The number of nitrogens with one attached hydrogen (secondary N) is 1. The molecule has 0 saturated carbocycles. The Kier molecular flexibility index (Phi) is 6.74. The minimum Gasteiger partial charge on any atom is -0.445 e. The molecule has 1 aliphatic heterocycles. The second-order valence-corrected chi connectivity index (χ2v) is 8.35. The number of hydrogen-bond acceptors (Lipinski definition) is 6. The number of benzene rings is 2. The Labute approximate surface area is 207 Å². The molecule has 36 heavy (non-hydrogen) atoms. The highest BCUT2D eigenvalue weighted by Crippen LogP contribution is 2.30. The maximum absolute atomic E-state index is 14.5. The first-order valence-electron chi connectivity index (χ1n) is 11.6. The molecule has 10 heteroatoms. The number of anilines is 1. The first kappa shape index (κ1) is 23.3. The number of carbonyl (C=O) groups is 2. The van der Waals surface area contributed by atoms with E-state index < -0.39 is 11.9 Å². The number of ether oxygens (including phenoxy) is 1. The molecule has 3 heterocycles. The van der Waals surface area contributed by atoms with E-state index in [9.17, 15) is 14.0 Å². The lowest BCUT2D eigenvalue weighted by atomic mass is 10.1. The Morgan fingerprint density at radius 1 is 0.972 bits per heavy atom. The van der Waals surface area contributed by atoms with Gasteiger partial charge in [0, 0.05) is 44.1 Å². The van der Waals surface area contributed by atoms with Gasteiger partial charge in [0.1, 0.15) is 23.9 Å². The Balaban J connectivity index is 1.20. The molecular weight excluding hydrogens is 463 g/mol. The van der Waals surface area contributed by atoms with Crippen molar-refractivity contribution in [1.82, 2.24) is 24.2 Å². The number of amides is 2. The first-order valence-corrected chi connectivity index (χ1v) is 11.6. The molecule has 0 spiro atoms. The summed E-state index contributed by atoms with van der Waals surface area (Å²) in [4.78, 5) is 37.2. The minimum absolute atomic E-state index is 0.00395. The number of piperazine rings is 1. The standard InChI is InChI=1S/C26H25FN6O3/c27-21-9-5-4-8-20(21)24-25(33-11-10-28-16-22(33)30-24)29-17-23(34)31-12-14-32(15-13-31)26(35)36-18-19-6-2-1-3-7-19/h1-11,16,29H,12-15,17-18H2. The Morgan fingerprint density at radius 2 is 1.69 bits per heavy atom. The fourth-order valence-electron chi connectivity index (χ4n) is 4.14. The quantitative estimate of drug-likeness (QED) is 0.447. The monoisotopic (exact) mass is 488 g/mol. The van der Waals surface area contributed by atoms with Gasteiger partial charge in [0.05, 0.1) is 12.7 Å². The van der Waals surface area contributed by atoms with Gasteiger partial charge in [-0.3, -0.25) is 14.2 Å². The second-order valence-electron chi connectivity index (χ2n) is 8.35. The summed E-state index contributed by atoms with van der Waals surface area (Å²) in [7, 11) is 0. The molecule has 2 aromatic carbocycles. The summed E-state index contributed by atoms with van der Waals surface area (Å²) in [5.74, 6) is -0.0247. The number of aromatic nitrogens is 3. The Bertz CT molecular complexity index is 1370. The van der Waals surface area contributed by atoms with Crippen molar-refractivity contribution in [2.24, 2.45) is 0 Å². The normalized spacial score (nSPS) is 13.6. The van der Waals surface area contributed by atoms with Crippen molar-refractivity contribution in [3.05, 3.63) is 84.6 Å². The zero-order chi connectivity index (χ0) is 24.9. The fourth-order valence-corrected chi connectivity index (χ4v) is 4.14. The van der Waals surface area contributed by atoms with E-state index in [0.717, 1.165) is 5.56 Å². The highest BCUT2D eigenvalue weighted by Gasteiger charge is 2.25. The minimum atomic E-state index is -0.404. The molecule has 2 aromatic heterocycles. The van der Waals surface area contributed by atoms with Gasteiger partial charge in [-0.15, -0.1) is 0 Å². The van der Waals surface area contributed by atoms with Crippen LogP contribution >= 0.6 is 0 Å². The zero-order valence-electron chi connectivity index (χ0n) is 19.5. The molecule has 0 unspecified atom stereocenters. The molecule has 0 atom stereocenters. The number of imidazole rings is 1. The van der Waals surface area contributed by atoms with Crippen molar-refractivity contribution in [3.63, 3.8) is 0 Å². The summed E-state index contributed by atoms with van der Waals surface area (Å²) in [5, 5.41) is 3.14. The highest BCUT2D eigenvalue weighted by atomic mass is 19.1. The summed E-state index contributed by atoms with van der Waals surface area (Å²) in [6.07, 6.45) is 4.49. The van der Waals surface area contributed by atoms with Crippen molar-refractivity contribution in [2.45, 2.75) is 6.61 Å². The van der Waals surface area contributed by atoms with E-state index in [4.69, 9.17) is 4.74 Å². The predicted octanol–water partition coefficient (Wildman–Crippen LogP) is 3.43. The maximum atomic E-state index is 14.5. The maximum Gasteiger partial charge on any atom is 0.410 e. The number of hydrogen-bond donors (Lipinski definition) is 1. The predicted molar refractivity (Wildman–Crippen MR) is 132 cm³/mol. The summed E-state index contributed by atoms with van der Waals surface area (Å²) < 4.78 is 21.6. The van der Waals surface area contributed by atoms with Crippen LogP contribution in [0.1, 0.15) is 5.56 Å². The van der Waals surface area contributed by atoms with Crippen LogP contribution in [0.3, 0.4) is 0 Å². The summed E-state index contributed by atoms with van der Waals surface area (Å²) in [6.45, 7) is 1.79. The molecule has 1 saturated heterocycles. The van der Waals surface area contributed by atoms with Crippen LogP contribution in [0.2, 0.25) is 0 Å². The van der Waals surface area contributed by atoms with Crippen molar-refractivity contribution in [3.8, 4) is 11.3 Å². The molecule has 184 valence electrons. The zero-order valence-corrected chi connectivity index (χ0v) is 19.5. The SMILES string of the molecule is O=C(CNc1c(-c2ccccc2F)nc2cnccn12)N1CCN(C(=O)OCc2ccccc2)CC1. The van der Waals surface area contributed by atoms with E-state index >= 15 is 0 Å². The lowest BCUT2D eigenvalue weighted by Gasteiger charge is -2.34. The molecule has 2 amide bonds. The molecule has 9 nitrogen and oxygen atoms in total. The van der Waals surface area contributed by atoms with Gasteiger partial charge in [0.15, 0.2) is 5.65 Å². The highest BCUT2D eigenvalue weighted by molar-refractivity contribution is 5.84. The number of rotatable bonds is 6. The van der Waals surface area contributed by atoms with Crippen molar-refractivity contribution < 1.29 is 18.7 Å². The van der Waals surface area contributed by atoms with E-state index in [1.54, 1.807) is 51.0 Å². The third-order valence-electron chi connectivity index (χ3n) is 6.06. The van der Waals surface area contributed by atoms with Crippen LogP contribution < -0.4 is 5.32 Å². The van der Waals surface area contributed by atoms with Crippen LogP contribution in [0.4, 0.5) is 15.0 Å². The topological polar surface area (TPSA) is 92.1 Å². The Morgan fingerprint density at radius 3 is 2.47 bits per heavy atom. The molecule has 0 bridgehead atoms. The van der Waals surface area contributed by atoms with Gasteiger partial charge in [0.25, 0.3) is 0 Å². The molecule has 0 radical (unpaired) electrons. The van der Waals surface area contributed by atoms with Gasteiger partial charge in [-0.2, -0.15) is 0 Å². The van der Waals surface area contributed by atoms with Gasteiger partial charge in [-0.25, -0.2) is 14.2 Å². The average Bonchev–Trinajstić information content (AvgIpc) is 3.29. The van der Waals surface area contributed by atoms with Gasteiger partial charge >= 0.3 is 6.09 Å². The largest absolute Gasteiger partial charge is 0.445 e. The molecule has 4 aromatic rings. The number of nitrogens with zero attached hydrogens (tertiary/aromatic N) is 5. The third kappa shape index (κ3) is 4.97. The lowest BCUT2D eigenvalue weighted by molar-refractivity contribution is -0.130. The van der Waals surface area contributed by atoms with E-state index in [-0.39, 0.29) is 19.1 Å². The van der Waals surface area contributed by atoms with Gasteiger partial charge in [-0.1, -0.05) is 42.5 Å². The molecule has 0 aliphatic carbocycles. The lowest BCUT2D eigenvalue weighted by Crippen LogP contribution is -2.51. The van der Waals surface area contributed by atoms with Crippen LogP contribution in [0.5, 0.6) is 0 Å². The third-order valence-corrected chi connectivity index (χ3v) is 6.06. The number of carbonyl (C=O) groups excluding carboxylic acids is 2. The molecule has 5 rings (SSSR count). The van der Waals surface area contributed by atoms with Crippen LogP contribution in [0.15, 0.2) is 73.2 Å². The van der Waals surface area contributed by atoms with E-state index in [2.05, 4.69) is 15.3 Å². The van der Waals surface area contributed by atoms with Crippen LogP contribution in [0.25, 0.3) is 16.9 Å². The first-order chi connectivity index (χ1) is 17.6.